The Balaban J connectivity index is 0.000000160. The van der Waals surface area contributed by atoms with E-state index in [1.165, 1.54) is 63.6 Å². The van der Waals surface area contributed by atoms with Gasteiger partial charge in [0.2, 0.25) is 17.6 Å². The predicted molar refractivity (Wildman–Crippen MR) is 428 cm³/mol. The Kier molecular flexibility index (Phi) is 26.0. The second-order valence-corrected chi connectivity index (χ2v) is 28.2. The van der Waals surface area contributed by atoms with Crippen LogP contribution < -0.4 is 35.5 Å². The second-order valence-electron chi connectivity index (χ2n) is 28.2. The molecule has 32 heteroatoms. The molecule has 0 unspecified atom stereocenters. The van der Waals surface area contributed by atoms with Crippen molar-refractivity contribution in [1.29, 1.82) is 0 Å². The third-order valence-corrected chi connectivity index (χ3v) is 19.6. The summed E-state index contributed by atoms with van der Waals surface area (Å²) in [6.07, 6.45) is 3.91. The summed E-state index contributed by atoms with van der Waals surface area (Å²) < 4.78 is 107. The van der Waals surface area contributed by atoms with Crippen LogP contribution in [-0.4, -0.2) is 198 Å². The van der Waals surface area contributed by atoms with Gasteiger partial charge in [-0.2, -0.15) is 0 Å². The molecular formula is C83H89F6N19O7. The monoisotopic (exact) mass is 1580 g/mol. The number of aryl methyl sites for hydroxylation is 3. The van der Waals surface area contributed by atoms with E-state index in [1.54, 1.807) is 73.1 Å². The lowest BCUT2D eigenvalue weighted by Gasteiger charge is -2.32. The van der Waals surface area contributed by atoms with Gasteiger partial charge >= 0.3 is 0 Å². The molecule has 2 aliphatic heterocycles. The summed E-state index contributed by atoms with van der Waals surface area (Å²) in [5.41, 5.74) is 7.10. The quantitative estimate of drug-likeness (QED) is 0.0277. The van der Waals surface area contributed by atoms with Crippen molar-refractivity contribution in [3.63, 3.8) is 0 Å². The minimum atomic E-state index is -0.785. The van der Waals surface area contributed by atoms with Gasteiger partial charge in [-0.15, -0.1) is 0 Å². The highest BCUT2D eigenvalue weighted by molar-refractivity contribution is 6.03. The van der Waals surface area contributed by atoms with Gasteiger partial charge in [-0.1, -0.05) is 36.4 Å². The van der Waals surface area contributed by atoms with Crippen molar-refractivity contribution in [2.75, 3.05) is 116 Å². The number of H-pyrrole nitrogens is 3. The van der Waals surface area contributed by atoms with Crippen LogP contribution in [0.4, 0.5) is 60.9 Å². The number of rotatable bonds is 24. The van der Waals surface area contributed by atoms with Gasteiger partial charge in [-0.25, -0.2) is 56.2 Å². The Morgan fingerprint density at radius 1 is 0.435 bits per heavy atom. The normalized spacial score (nSPS) is 13.2. The molecule has 0 aliphatic carbocycles. The molecule has 0 radical (unpaired) electrons. The molecule has 6 aromatic heterocycles. The zero-order valence-corrected chi connectivity index (χ0v) is 65.5. The van der Waals surface area contributed by atoms with E-state index in [1.807, 2.05) is 62.4 Å². The number of aromatic nitrogens is 9. The minimum absolute atomic E-state index is 0.0110. The SMILES string of the molecule is CCN(C)C(=O)c1c(Nc2ccc(CC(C)=O)cc2)ncnc1Oc1cc(F)c2[nH]c(C)cc2c1F.CCN(C)C(=O)c1c(Nc2ccc(CN3CCN(C)CC3)cc2)ncnc1Oc1cc(F)c2[nH]c(C)cc2c1F.CCN(C)C(=O)c1c(Nc2ccc(CN3CCNCC3)cc2)ncnc1Oc1cc(F)c2[nH]c(C)cc2c1F. The number of ketones is 1. The summed E-state index contributed by atoms with van der Waals surface area (Å²) in [6.45, 7) is 23.1. The Morgan fingerprint density at radius 3 is 1.04 bits per heavy atom. The Labute approximate surface area is 659 Å². The summed E-state index contributed by atoms with van der Waals surface area (Å²) in [4.78, 5) is 96.4. The van der Waals surface area contributed by atoms with E-state index in [0.717, 1.165) is 95.5 Å². The largest absolute Gasteiger partial charge is 0.435 e. The maximum absolute atomic E-state index is 15.3. The van der Waals surface area contributed by atoms with Crippen LogP contribution in [-0.2, 0) is 24.3 Å². The molecule has 0 atom stereocenters. The average molecular weight is 1580 g/mol. The molecule has 600 valence electrons. The number of piperazine rings is 2. The van der Waals surface area contributed by atoms with Crippen molar-refractivity contribution in [1.82, 2.24) is 79.6 Å². The van der Waals surface area contributed by atoms with Gasteiger partial charge in [-0.05, 0) is 127 Å². The fourth-order valence-corrected chi connectivity index (χ4v) is 12.9. The Morgan fingerprint density at radius 2 is 0.739 bits per heavy atom. The first kappa shape index (κ1) is 82.0. The van der Waals surface area contributed by atoms with Gasteiger partial charge in [-0.3, -0.25) is 29.0 Å². The van der Waals surface area contributed by atoms with Crippen molar-refractivity contribution < 1.29 is 59.7 Å². The van der Waals surface area contributed by atoms with Gasteiger partial charge in [0.25, 0.3) is 17.7 Å². The number of ether oxygens (including phenoxy) is 3. The summed E-state index contributed by atoms with van der Waals surface area (Å²) in [5.74, 6) is -6.88. The summed E-state index contributed by atoms with van der Waals surface area (Å²) in [6, 6.07) is 30.1. The first-order chi connectivity index (χ1) is 55.2. The number of aromatic amines is 3. The molecule has 2 fully saturated rings. The number of amides is 3. The van der Waals surface area contributed by atoms with Crippen molar-refractivity contribution in [3.05, 3.63) is 214 Å². The fraction of sp³-hybridized carbons (Fsp3) is 0.301. The van der Waals surface area contributed by atoms with Crippen LogP contribution in [0.3, 0.4) is 0 Å². The van der Waals surface area contributed by atoms with Crippen molar-refractivity contribution in [2.45, 2.75) is 68.0 Å². The van der Waals surface area contributed by atoms with Gasteiger partial charge in [0, 0.05) is 181 Å². The number of fused-ring (bicyclic) bond motifs is 3. The van der Waals surface area contributed by atoms with Crippen LogP contribution in [0, 0.1) is 55.7 Å². The Bertz CT molecular complexity index is 5520. The number of hydrogen-bond donors (Lipinski definition) is 7. The highest BCUT2D eigenvalue weighted by Crippen LogP contribution is 2.40. The number of halogens is 6. The minimum Gasteiger partial charge on any atom is -0.435 e. The number of Topliss-reactive ketones (excluding diaryl/α,β-unsaturated/α-hetero) is 1. The number of nitrogens with one attached hydrogen (secondary N) is 7. The van der Waals surface area contributed by atoms with Crippen LogP contribution in [0.15, 0.2) is 128 Å². The molecule has 0 spiro atoms. The van der Waals surface area contributed by atoms with E-state index in [-0.39, 0.29) is 102 Å². The number of hydrogen-bond acceptors (Lipinski definition) is 20. The number of nitrogens with zero attached hydrogens (tertiary/aromatic N) is 12. The van der Waals surface area contributed by atoms with Crippen LogP contribution in [0.25, 0.3) is 32.7 Å². The third-order valence-electron chi connectivity index (χ3n) is 19.6. The topological polar surface area (TPSA) is 288 Å². The summed E-state index contributed by atoms with van der Waals surface area (Å²) in [7, 11) is 6.98. The standard InChI is InChI=1S/C29H33F2N7O2.C28H31F2N7O2.C26H25F2N5O3/c1-5-37(4)29(39)24-27(35-20-8-6-19(7-9-20)16-38-12-10-36(3)11-13-38)32-17-33-28(24)40-23-15-22(30)26-21(25(23)31)14-18(2)34-26;1-4-36(3)28(38)23-26(35-19-7-5-18(6-8-19)15-37-11-9-31-10-12-37)32-16-33-27(23)39-22-14-21(29)25-20(24(22)30)13-17(2)34-25;1-5-33(4)26(35)21-24(32-17-8-6-16(7-9-17)11-15(3)34)29-13-30-25(21)36-20-12-19(27)23-18(22(20)28)10-14(2)31-23/h6-9,14-15,17,34H,5,10-13,16H2,1-4H3,(H,32,33,35);5-8,13-14,16,31,34H,4,9-12,15H2,1-3H3,(H,32,33,35);6-10,12-13,31H,5,11H2,1-4H3,(H,29,30,32). The lowest BCUT2D eigenvalue weighted by molar-refractivity contribution is -0.116. The highest BCUT2D eigenvalue weighted by atomic mass is 19.1. The molecule has 8 heterocycles. The number of likely N-dealkylation sites (N-methyl/N-ethyl adjacent to an activating group) is 1. The molecule has 0 saturated carbocycles. The van der Waals surface area contributed by atoms with Crippen molar-refractivity contribution >= 4 is 90.7 Å². The lowest BCUT2D eigenvalue weighted by Crippen LogP contribution is -2.43. The molecule has 3 amide bonds. The first-order valence-electron chi connectivity index (χ1n) is 37.4. The summed E-state index contributed by atoms with van der Waals surface area (Å²) in [5, 5.41) is 12.9. The lowest BCUT2D eigenvalue weighted by atomic mass is 10.1. The molecule has 14 rings (SSSR count). The number of carbonyl (C=O) groups excluding carboxylic acids is 4. The zero-order valence-electron chi connectivity index (χ0n) is 65.5. The second kappa shape index (κ2) is 36.5. The molecule has 0 bridgehead atoms. The molecule has 6 aromatic carbocycles. The molecule has 12 aromatic rings. The van der Waals surface area contributed by atoms with Crippen LogP contribution >= 0.6 is 0 Å². The molecule has 2 aliphatic rings. The van der Waals surface area contributed by atoms with E-state index in [2.05, 4.69) is 87.9 Å². The first-order valence-corrected chi connectivity index (χ1v) is 37.4. The van der Waals surface area contributed by atoms with Crippen molar-refractivity contribution in [2.24, 2.45) is 0 Å². The molecule has 7 N–H and O–H groups in total. The van der Waals surface area contributed by atoms with Gasteiger partial charge in [0.05, 0.1) is 16.6 Å². The van der Waals surface area contributed by atoms with E-state index in [0.29, 0.717) is 60.2 Å². The van der Waals surface area contributed by atoms with Crippen molar-refractivity contribution in [3.8, 4) is 34.9 Å². The zero-order chi connectivity index (χ0) is 81.9. The fourth-order valence-electron chi connectivity index (χ4n) is 12.9. The van der Waals surface area contributed by atoms with E-state index < -0.39 is 58.4 Å². The van der Waals surface area contributed by atoms with Crippen LogP contribution in [0.5, 0.6) is 34.9 Å². The van der Waals surface area contributed by atoms with Crippen LogP contribution in [0.2, 0.25) is 0 Å². The molecule has 26 nitrogen and oxygen atoms in total. The van der Waals surface area contributed by atoms with Gasteiger partial charge < -0.3 is 70.0 Å². The van der Waals surface area contributed by atoms with Gasteiger partial charge in [0.15, 0.2) is 69.6 Å². The third kappa shape index (κ3) is 19.4. The predicted octanol–water partition coefficient (Wildman–Crippen LogP) is 14.8. The number of benzene rings is 6. The molecule has 2 saturated heterocycles. The maximum Gasteiger partial charge on any atom is 0.262 e. The number of anilines is 6. The number of carbonyl (C=O) groups is 4. The highest BCUT2D eigenvalue weighted by Gasteiger charge is 2.31. The molecular weight excluding hydrogens is 1490 g/mol. The van der Waals surface area contributed by atoms with E-state index >= 15 is 13.2 Å². The van der Waals surface area contributed by atoms with Gasteiger partial charge in [0.1, 0.15) is 41.5 Å². The Hall–Kier alpha value is -12.5. The average Bonchev–Trinajstić information content (AvgIpc) is 1.77. The van der Waals surface area contributed by atoms with E-state index in [9.17, 15) is 32.3 Å². The van der Waals surface area contributed by atoms with Crippen LogP contribution in [0.1, 0.15) is 92.5 Å². The maximum atomic E-state index is 15.3. The smallest absolute Gasteiger partial charge is 0.262 e. The van der Waals surface area contributed by atoms with E-state index in [4.69, 9.17) is 14.2 Å². The summed E-state index contributed by atoms with van der Waals surface area (Å²) >= 11 is 0. The molecule has 115 heavy (non-hydrogen) atoms.